The lowest BCUT2D eigenvalue weighted by Crippen LogP contribution is -2.30. The Morgan fingerprint density at radius 1 is 1.75 bits per heavy atom. The Morgan fingerprint density at radius 3 is 2.12 bits per heavy atom. The first-order chi connectivity index (χ1) is 3.50. The highest BCUT2D eigenvalue weighted by Crippen LogP contribution is 2.09. The maximum Gasteiger partial charge on any atom is 0.394 e. The number of carbonyl (C=O) groups is 1. The molecule has 8 heavy (non-hydrogen) atoms. The number of halogens is 2. The Hall–Kier alpha value is -0.670. The molecule has 0 heterocycles. The van der Waals surface area contributed by atoms with E-state index in [1.54, 1.807) is 0 Å². The van der Waals surface area contributed by atoms with Crippen LogP contribution in [-0.2, 0) is 9.90 Å². The van der Waals surface area contributed by atoms with Crippen LogP contribution in [0.5, 0.6) is 0 Å². The fraction of sp³-hybridized carbons (Fsp3) is 0.750. The standard InChI is InChI=1S/C4H5F2O2/c1-4(6,2-5)3(7)8/h2H2,1H3/t4-/m1/s1. The zero-order valence-electron chi connectivity index (χ0n) is 4.28. The van der Waals surface area contributed by atoms with Crippen LogP contribution in [0, 0.1) is 0 Å². The molecule has 0 aliphatic rings. The second-order valence-corrected chi connectivity index (χ2v) is 1.62. The van der Waals surface area contributed by atoms with E-state index >= 15 is 0 Å². The van der Waals surface area contributed by atoms with E-state index in [2.05, 4.69) is 0 Å². The molecule has 0 unspecified atom stereocenters. The summed E-state index contributed by atoms with van der Waals surface area (Å²) in [6.45, 7) is -0.933. The van der Waals surface area contributed by atoms with E-state index in [1.807, 2.05) is 0 Å². The molecule has 0 amide bonds. The van der Waals surface area contributed by atoms with Crippen molar-refractivity contribution < 1.29 is 18.7 Å². The third-order valence-electron chi connectivity index (χ3n) is 0.677. The van der Waals surface area contributed by atoms with Crippen molar-refractivity contribution >= 4 is 5.97 Å². The molecular weight excluding hydrogens is 118 g/mol. The molecule has 0 rings (SSSR count). The molecule has 2 nitrogen and oxygen atoms in total. The molecule has 0 aliphatic carbocycles. The molecule has 0 aliphatic heterocycles. The lowest BCUT2D eigenvalue weighted by atomic mass is 10.2. The van der Waals surface area contributed by atoms with Crippen LogP contribution in [0.25, 0.3) is 0 Å². The maximum atomic E-state index is 11.9. The van der Waals surface area contributed by atoms with E-state index in [4.69, 9.17) is 0 Å². The van der Waals surface area contributed by atoms with Crippen LogP contribution in [0.1, 0.15) is 6.92 Å². The summed E-state index contributed by atoms with van der Waals surface area (Å²) in [7, 11) is 0. The van der Waals surface area contributed by atoms with Gasteiger partial charge in [0.05, 0.1) is 0 Å². The Labute approximate surface area is 45.1 Å². The molecule has 1 radical (unpaired) electrons. The summed E-state index contributed by atoms with van der Waals surface area (Å²) < 4.78 is 23.1. The Kier molecular flexibility index (Phi) is 1.89. The Morgan fingerprint density at radius 2 is 2.12 bits per heavy atom. The fourth-order valence-corrected chi connectivity index (χ4v) is 0.0546. The second kappa shape index (κ2) is 2.07. The summed E-state index contributed by atoms with van der Waals surface area (Å²) >= 11 is 0. The SMILES string of the molecule is C[C@@](F)(CF)C([O])=O. The number of carbonyl (C=O) groups excluding carboxylic acids is 1. The van der Waals surface area contributed by atoms with E-state index in [0.717, 1.165) is 0 Å². The summed E-state index contributed by atoms with van der Waals surface area (Å²) in [6.07, 6.45) is 0. The maximum absolute atomic E-state index is 11.9. The number of hydrogen-bond donors (Lipinski definition) is 0. The number of rotatable bonds is 2. The predicted molar refractivity (Wildman–Crippen MR) is 21.2 cm³/mol. The van der Waals surface area contributed by atoms with Crippen molar-refractivity contribution in [2.75, 3.05) is 6.67 Å². The monoisotopic (exact) mass is 123 g/mol. The second-order valence-electron chi connectivity index (χ2n) is 1.62. The van der Waals surface area contributed by atoms with E-state index in [-0.39, 0.29) is 0 Å². The smallest absolute Gasteiger partial charge is 0.247 e. The molecule has 0 fully saturated rings. The van der Waals surface area contributed by atoms with Gasteiger partial charge in [0.2, 0.25) is 5.67 Å². The average molecular weight is 123 g/mol. The van der Waals surface area contributed by atoms with Gasteiger partial charge in [-0.15, -0.1) is 0 Å². The average Bonchev–Trinajstić information content (AvgIpc) is 1.67. The molecule has 0 bridgehead atoms. The molecule has 47 valence electrons. The van der Waals surface area contributed by atoms with Crippen LogP contribution < -0.4 is 0 Å². The lowest BCUT2D eigenvalue weighted by Gasteiger charge is -2.04. The van der Waals surface area contributed by atoms with Crippen molar-refractivity contribution in [1.29, 1.82) is 0 Å². The summed E-state index contributed by atoms with van der Waals surface area (Å²) in [6, 6.07) is 0. The van der Waals surface area contributed by atoms with Gasteiger partial charge in [-0.2, -0.15) is 0 Å². The van der Waals surface area contributed by atoms with Gasteiger partial charge in [0.25, 0.3) is 0 Å². The fourth-order valence-electron chi connectivity index (χ4n) is 0.0546. The van der Waals surface area contributed by atoms with Crippen molar-refractivity contribution in [3.05, 3.63) is 0 Å². The van der Waals surface area contributed by atoms with E-state index in [1.165, 1.54) is 0 Å². The van der Waals surface area contributed by atoms with Gasteiger partial charge in [-0.05, 0) is 6.92 Å². The Bertz CT molecular complexity index is 100. The van der Waals surface area contributed by atoms with Gasteiger partial charge in [0.1, 0.15) is 6.67 Å². The lowest BCUT2D eigenvalue weighted by molar-refractivity contribution is -0.157. The van der Waals surface area contributed by atoms with E-state index < -0.39 is 18.3 Å². The number of hydrogen-bond acceptors (Lipinski definition) is 1. The van der Waals surface area contributed by atoms with Gasteiger partial charge >= 0.3 is 5.97 Å². The highest BCUT2D eigenvalue weighted by molar-refractivity contribution is 5.76. The summed E-state index contributed by atoms with van der Waals surface area (Å²) in [5, 5.41) is 9.53. The minimum absolute atomic E-state index is 0.613. The molecule has 0 aromatic heterocycles. The van der Waals surface area contributed by atoms with Gasteiger partial charge in [-0.3, -0.25) is 0 Å². The van der Waals surface area contributed by atoms with Crippen LogP contribution in [0.2, 0.25) is 0 Å². The van der Waals surface area contributed by atoms with Crippen LogP contribution in [0.4, 0.5) is 8.78 Å². The first kappa shape index (κ1) is 7.33. The third kappa shape index (κ3) is 1.44. The first-order valence-electron chi connectivity index (χ1n) is 1.97. The third-order valence-corrected chi connectivity index (χ3v) is 0.677. The minimum Gasteiger partial charge on any atom is -0.247 e. The van der Waals surface area contributed by atoms with Crippen LogP contribution in [-0.4, -0.2) is 18.3 Å². The zero-order chi connectivity index (χ0) is 6.78. The van der Waals surface area contributed by atoms with Gasteiger partial charge in [0, 0.05) is 0 Å². The van der Waals surface area contributed by atoms with Gasteiger partial charge in [-0.25, -0.2) is 18.7 Å². The first-order valence-corrected chi connectivity index (χ1v) is 1.97. The van der Waals surface area contributed by atoms with Crippen molar-refractivity contribution in [2.24, 2.45) is 0 Å². The largest absolute Gasteiger partial charge is 0.394 e. The molecule has 0 spiro atoms. The van der Waals surface area contributed by atoms with E-state index in [0.29, 0.717) is 6.92 Å². The predicted octanol–water partition coefficient (Wildman–Crippen LogP) is 0.641. The summed E-state index contributed by atoms with van der Waals surface area (Å²) in [4.78, 5) is 9.53. The number of alkyl halides is 2. The van der Waals surface area contributed by atoms with Gasteiger partial charge < -0.3 is 0 Å². The molecule has 4 heteroatoms. The highest BCUT2D eigenvalue weighted by atomic mass is 19.2. The summed E-state index contributed by atoms with van der Waals surface area (Å²) in [5.41, 5.74) is -2.82. The zero-order valence-corrected chi connectivity index (χ0v) is 4.28. The molecule has 0 aromatic carbocycles. The quantitative estimate of drug-likeness (QED) is 0.530. The highest BCUT2D eigenvalue weighted by Gasteiger charge is 2.34. The molecule has 0 aromatic rings. The topological polar surface area (TPSA) is 37.0 Å². The van der Waals surface area contributed by atoms with Crippen LogP contribution in [0.3, 0.4) is 0 Å². The van der Waals surface area contributed by atoms with Crippen LogP contribution >= 0.6 is 0 Å². The Balaban J connectivity index is 3.91. The molecule has 0 saturated carbocycles. The van der Waals surface area contributed by atoms with Crippen molar-refractivity contribution in [3.63, 3.8) is 0 Å². The normalized spacial score (nSPS) is 17.4. The van der Waals surface area contributed by atoms with Gasteiger partial charge in [0.15, 0.2) is 0 Å². The van der Waals surface area contributed by atoms with Gasteiger partial charge in [-0.1, -0.05) is 0 Å². The molecule has 0 saturated heterocycles. The minimum atomic E-state index is -2.82. The molecule has 0 N–H and O–H groups in total. The van der Waals surface area contributed by atoms with E-state index in [9.17, 15) is 18.7 Å². The molecular formula is C4H5F2O2. The molecule has 1 atom stereocenters. The van der Waals surface area contributed by atoms with Crippen molar-refractivity contribution in [3.8, 4) is 0 Å². The van der Waals surface area contributed by atoms with Crippen LogP contribution in [0.15, 0.2) is 0 Å². The van der Waals surface area contributed by atoms with Crippen molar-refractivity contribution in [2.45, 2.75) is 12.6 Å². The summed E-state index contributed by atoms with van der Waals surface area (Å²) in [5.74, 6) is -2.01. The van der Waals surface area contributed by atoms with Crippen molar-refractivity contribution in [1.82, 2.24) is 0 Å².